The third-order valence-corrected chi connectivity index (χ3v) is 3.34. The van der Waals surface area contributed by atoms with Crippen LogP contribution in [0.3, 0.4) is 0 Å². The fourth-order valence-electron chi connectivity index (χ4n) is 2.39. The molecule has 0 saturated carbocycles. The Morgan fingerprint density at radius 3 is 2.41 bits per heavy atom. The summed E-state index contributed by atoms with van der Waals surface area (Å²) in [6, 6.07) is 6.21. The van der Waals surface area contributed by atoms with Gasteiger partial charge in [-0.25, -0.2) is 0 Å². The molecule has 1 aromatic carbocycles. The van der Waals surface area contributed by atoms with Crippen LogP contribution in [0.1, 0.15) is 32.3 Å². The molecule has 1 heterocycles. The van der Waals surface area contributed by atoms with E-state index in [0.717, 1.165) is 18.8 Å². The van der Waals surface area contributed by atoms with Crippen LogP contribution < -0.4 is 15.4 Å². The monoisotopic (exact) mass is 234 g/mol. The van der Waals surface area contributed by atoms with Crippen molar-refractivity contribution in [3.05, 3.63) is 23.8 Å². The minimum absolute atomic E-state index is 0.341. The molecule has 1 fully saturated rings. The van der Waals surface area contributed by atoms with Crippen LogP contribution in [0.2, 0.25) is 0 Å². The van der Waals surface area contributed by atoms with Gasteiger partial charge in [-0.1, -0.05) is 0 Å². The van der Waals surface area contributed by atoms with E-state index in [9.17, 15) is 0 Å². The van der Waals surface area contributed by atoms with Crippen molar-refractivity contribution in [3.8, 4) is 5.75 Å². The number of hydrogen-bond donors (Lipinski definition) is 1. The van der Waals surface area contributed by atoms with Gasteiger partial charge >= 0.3 is 0 Å². The number of ether oxygens (including phenoxy) is 1. The number of nitrogens with zero attached hydrogens (tertiary/aromatic N) is 1. The summed E-state index contributed by atoms with van der Waals surface area (Å²) in [5.74, 6) is 0.876. The van der Waals surface area contributed by atoms with Crippen LogP contribution in [-0.2, 0) is 5.54 Å². The van der Waals surface area contributed by atoms with Crippen molar-refractivity contribution in [3.63, 3.8) is 0 Å². The van der Waals surface area contributed by atoms with Crippen molar-refractivity contribution >= 4 is 5.69 Å². The van der Waals surface area contributed by atoms with Gasteiger partial charge in [0, 0.05) is 24.3 Å². The first-order valence-corrected chi connectivity index (χ1v) is 6.25. The van der Waals surface area contributed by atoms with Crippen molar-refractivity contribution in [2.45, 2.75) is 32.2 Å². The Labute approximate surface area is 104 Å². The minimum atomic E-state index is -0.341. The van der Waals surface area contributed by atoms with Crippen LogP contribution in [0.5, 0.6) is 5.75 Å². The molecule has 3 heteroatoms. The summed E-state index contributed by atoms with van der Waals surface area (Å²) in [4.78, 5) is 2.42. The zero-order valence-electron chi connectivity index (χ0n) is 11.0. The molecule has 3 nitrogen and oxygen atoms in total. The molecule has 1 aliphatic rings. The van der Waals surface area contributed by atoms with Gasteiger partial charge < -0.3 is 15.4 Å². The van der Waals surface area contributed by atoms with Gasteiger partial charge in [-0.05, 0) is 50.5 Å². The van der Waals surface area contributed by atoms with E-state index in [1.807, 2.05) is 19.9 Å². The number of hydrogen-bond acceptors (Lipinski definition) is 3. The van der Waals surface area contributed by atoms with E-state index in [1.54, 1.807) is 7.11 Å². The first-order valence-electron chi connectivity index (χ1n) is 6.25. The van der Waals surface area contributed by atoms with E-state index in [4.69, 9.17) is 10.5 Å². The summed E-state index contributed by atoms with van der Waals surface area (Å²) in [5.41, 5.74) is 8.35. The molecule has 0 aliphatic carbocycles. The predicted octanol–water partition coefficient (Wildman–Crippen LogP) is 2.49. The number of methoxy groups -OCH3 is 1. The maximum atomic E-state index is 6.27. The third-order valence-electron chi connectivity index (χ3n) is 3.34. The van der Waals surface area contributed by atoms with E-state index < -0.39 is 0 Å². The molecule has 0 amide bonds. The predicted molar refractivity (Wildman–Crippen MR) is 71.7 cm³/mol. The lowest BCUT2D eigenvalue weighted by Crippen LogP contribution is -2.32. The van der Waals surface area contributed by atoms with Crippen LogP contribution in [0, 0.1) is 0 Å². The maximum Gasteiger partial charge on any atom is 0.119 e. The molecule has 0 atom stereocenters. The molecule has 1 aromatic rings. The fraction of sp³-hybridized carbons (Fsp3) is 0.571. The zero-order chi connectivity index (χ0) is 12.5. The Hall–Kier alpha value is -1.22. The second kappa shape index (κ2) is 4.57. The van der Waals surface area contributed by atoms with Gasteiger partial charge in [0.25, 0.3) is 0 Å². The van der Waals surface area contributed by atoms with Crippen LogP contribution in [0.25, 0.3) is 0 Å². The number of anilines is 1. The topological polar surface area (TPSA) is 38.5 Å². The largest absolute Gasteiger partial charge is 0.497 e. The van der Waals surface area contributed by atoms with Crippen molar-refractivity contribution < 1.29 is 4.74 Å². The highest BCUT2D eigenvalue weighted by atomic mass is 16.5. The molecule has 0 aromatic heterocycles. The van der Waals surface area contributed by atoms with E-state index in [2.05, 4.69) is 17.0 Å². The Balaban J connectivity index is 2.42. The molecule has 0 bridgehead atoms. The fourth-order valence-corrected chi connectivity index (χ4v) is 2.39. The first kappa shape index (κ1) is 12.2. The van der Waals surface area contributed by atoms with Crippen LogP contribution >= 0.6 is 0 Å². The van der Waals surface area contributed by atoms with Crippen molar-refractivity contribution in [2.75, 3.05) is 25.1 Å². The summed E-state index contributed by atoms with van der Waals surface area (Å²) in [7, 11) is 1.69. The van der Waals surface area contributed by atoms with Gasteiger partial charge in [0.15, 0.2) is 0 Å². The zero-order valence-corrected chi connectivity index (χ0v) is 11.0. The quantitative estimate of drug-likeness (QED) is 0.873. The van der Waals surface area contributed by atoms with Crippen LogP contribution in [0.4, 0.5) is 5.69 Å². The lowest BCUT2D eigenvalue weighted by atomic mass is 9.93. The lowest BCUT2D eigenvalue weighted by Gasteiger charge is -2.28. The summed E-state index contributed by atoms with van der Waals surface area (Å²) in [6.07, 6.45) is 2.55. The molecule has 1 saturated heterocycles. The first-order chi connectivity index (χ1) is 8.02. The van der Waals surface area contributed by atoms with Crippen LogP contribution in [0.15, 0.2) is 18.2 Å². The van der Waals surface area contributed by atoms with E-state index >= 15 is 0 Å². The molecule has 2 rings (SSSR count). The van der Waals surface area contributed by atoms with Crippen LogP contribution in [-0.4, -0.2) is 20.2 Å². The molecule has 0 unspecified atom stereocenters. The van der Waals surface area contributed by atoms with Gasteiger partial charge in [0.05, 0.1) is 7.11 Å². The Kier molecular flexibility index (Phi) is 3.29. The highest BCUT2D eigenvalue weighted by Gasteiger charge is 2.23. The lowest BCUT2D eigenvalue weighted by molar-refractivity contribution is 0.412. The van der Waals surface area contributed by atoms with Gasteiger partial charge in [0.1, 0.15) is 5.75 Å². The van der Waals surface area contributed by atoms with E-state index in [0.29, 0.717) is 0 Å². The van der Waals surface area contributed by atoms with E-state index in [1.165, 1.54) is 24.1 Å². The maximum absolute atomic E-state index is 6.27. The minimum Gasteiger partial charge on any atom is -0.497 e. The average Bonchev–Trinajstić information content (AvgIpc) is 2.80. The average molecular weight is 234 g/mol. The Morgan fingerprint density at radius 2 is 1.88 bits per heavy atom. The van der Waals surface area contributed by atoms with Gasteiger partial charge in [0.2, 0.25) is 0 Å². The van der Waals surface area contributed by atoms with Gasteiger partial charge in [-0.2, -0.15) is 0 Å². The molecule has 94 valence electrons. The summed E-state index contributed by atoms with van der Waals surface area (Å²) >= 11 is 0. The molecule has 2 N–H and O–H groups in total. The second-order valence-corrected chi connectivity index (χ2v) is 5.30. The highest BCUT2D eigenvalue weighted by Crippen LogP contribution is 2.33. The second-order valence-electron chi connectivity index (χ2n) is 5.30. The van der Waals surface area contributed by atoms with Crippen molar-refractivity contribution in [1.29, 1.82) is 0 Å². The smallest absolute Gasteiger partial charge is 0.119 e. The van der Waals surface area contributed by atoms with Crippen molar-refractivity contribution in [1.82, 2.24) is 0 Å². The van der Waals surface area contributed by atoms with Gasteiger partial charge in [-0.15, -0.1) is 0 Å². The number of benzene rings is 1. The third kappa shape index (κ3) is 2.55. The standard InChI is InChI=1S/C14H22N2O/c1-14(2,15)12-10-11(17-3)6-7-13(12)16-8-4-5-9-16/h6-7,10H,4-5,8-9,15H2,1-3H3. The summed E-state index contributed by atoms with van der Waals surface area (Å²) in [5, 5.41) is 0. The SMILES string of the molecule is COc1ccc(N2CCCC2)c(C(C)(C)N)c1. The summed E-state index contributed by atoms with van der Waals surface area (Å²) < 4.78 is 5.29. The molecule has 0 spiro atoms. The van der Waals surface area contributed by atoms with E-state index in [-0.39, 0.29) is 5.54 Å². The summed E-state index contributed by atoms with van der Waals surface area (Å²) in [6.45, 7) is 6.35. The van der Waals surface area contributed by atoms with Crippen molar-refractivity contribution in [2.24, 2.45) is 5.73 Å². The molecular formula is C14H22N2O. The Morgan fingerprint density at radius 1 is 1.24 bits per heavy atom. The molecular weight excluding hydrogens is 212 g/mol. The molecule has 17 heavy (non-hydrogen) atoms. The normalized spacial score (nSPS) is 16.4. The Bertz CT molecular complexity index is 390. The number of nitrogens with two attached hydrogens (primary N) is 1. The molecule has 0 radical (unpaired) electrons. The highest BCUT2D eigenvalue weighted by molar-refractivity contribution is 5.59. The van der Waals surface area contributed by atoms with Gasteiger partial charge in [-0.3, -0.25) is 0 Å². The molecule has 1 aliphatic heterocycles. The number of rotatable bonds is 3.